The van der Waals surface area contributed by atoms with Gasteiger partial charge < -0.3 is 10.6 Å². The fraction of sp³-hybridized carbons (Fsp3) is 0.250. The van der Waals surface area contributed by atoms with Crippen molar-refractivity contribution in [2.75, 3.05) is 17.6 Å². The van der Waals surface area contributed by atoms with Gasteiger partial charge in [0, 0.05) is 34.0 Å². The zero-order valence-electron chi connectivity index (χ0n) is 18.4. The van der Waals surface area contributed by atoms with E-state index in [1.807, 2.05) is 37.3 Å². The van der Waals surface area contributed by atoms with Gasteiger partial charge in [0.25, 0.3) is 5.91 Å². The molecule has 34 heavy (non-hydrogen) atoms. The molecule has 2 aromatic carbocycles. The highest BCUT2D eigenvalue weighted by atomic mass is 35.5. The molecule has 0 radical (unpaired) electrons. The van der Waals surface area contributed by atoms with Crippen LogP contribution in [-0.2, 0) is 11.0 Å². The molecule has 0 spiro atoms. The number of allylic oxidation sites excluding steroid dienone is 1. The Balaban J connectivity index is 1.63. The van der Waals surface area contributed by atoms with Gasteiger partial charge in [-0.2, -0.15) is 18.3 Å². The SMILES string of the molecule is CC1=C(C(=O)NCCSc2ccccc2)C(c2ccc(C)c(Cl)c2)n2nc(C(F)(F)F)cc2N1. The molecular weight excluding hydrogens is 485 g/mol. The van der Waals surface area contributed by atoms with Gasteiger partial charge in [-0.15, -0.1) is 11.8 Å². The summed E-state index contributed by atoms with van der Waals surface area (Å²) in [5, 5.41) is 10.1. The summed E-state index contributed by atoms with van der Waals surface area (Å²) in [6.07, 6.45) is -4.62. The Hall–Kier alpha value is -2.91. The van der Waals surface area contributed by atoms with Crippen molar-refractivity contribution in [2.45, 2.75) is 31.0 Å². The predicted octanol–water partition coefficient (Wildman–Crippen LogP) is 6.06. The second-order valence-corrected chi connectivity index (χ2v) is 9.42. The number of aromatic nitrogens is 2. The standard InChI is InChI=1S/C24H22ClF3N4OS/c1-14-8-9-16(12-18(14)25)22-21(23(33)29-10-11-34-17-6-4-3-5-7-17)15(2)30-20-13-19(24(26,27)28)31-32(20)22/h3-9,12-13,22,30H,10-11H2,1-2H3,(H,29,33). The molecule has 1 unspecified atom stereocenters. The number of fused-ring (bicyclic) bond motifs is 1. The quantitative estimate of drug-likeness (QED) is 0.315. The molecular formula is C24H22ClF3N4OS. The van der Waals surface area contributed by atoms with Gasteiger partial charge in [-0.25, -0.2) is 4.68 Å². The number of carbonyl (C=O) groups is 1. The first kappa shape index (κ1) is 24.2. The lowest BCUT2D eigenvalue weighted by Crippen LogP contribution is -2.36. The molecule has 0 fully saturated rings. The fourth-order valence-corrected chi connectivity index (χ4v) is 4.72. The Labute approximate surface area is 204 Å². The second kappa shape index (κ2) is 9.76. The van der Waals surface area contributed by atoms with Crippen molar-refractivity contribution in [3.63, 3.8) is 0 Å². The molecule has 0 saturated carbocycles. The summed E-state index contributed by atoms with van der Waals surface area (Å²) in [5.41, 5.74) is 1.09. The van der Waals surface area contributed by atoms with Crippen LogP contribution in [0.2, 0.25) is 5.02 Å². The molecule has 2 heterocycles. The summed E-state index contributed by atoms with van der Waals surface area (Å²) in [6.45, 7) is 3.88. The molecule has 0 saturated heterocycles. The fourth-order valence-electron chi connectivity index (χ4n) is 3.74. The Morgan fingerprint density at radius 1 is 1.18 bits per heavy atom. The summed E-state index contributed by atoms with van der Waals surface area (Å²) in [4.78, 5) is 14.3. The molecule has 2 N–H and O–H groups in total. The van der Waals surface area contributed by atoms with Gasteiger partial charge in [-0.1, -0.05) is 41.9 Å². The number of rotatable bonds is 6. The first-order valence-electron chi connectivity index (χ1n) is 10.5. The van der Waals surface area contributed by atoms with Gasteiger partial charge >= 0.3 is 6.18 Å². The molecule has 1 aromatic heterocycles. The number of nitrogens with one attached hydrogen (secondary N) is 2. The van der Waals surface area contributed by atoms with Crippen molar-refractivity contribution in [1.82, 2.24) is 15.1 Å². The monoisotopic (exact) mass is 506 g/mol. The minimum atomic E-state index is -4.62. The maximum atomic E-state index is 13.4. The minimum absolute atomic E-state index is 0.155. The second-order valence-electron chi connectivity index (χ2n) is 7.85. The van der Waals surface area contributed by atoms with E-state index in [4.69, 9.17) is 11.6 Å². The Kier molecular flexibility index (Phi) is 6.95. The number of aryl methyl sites for hydroxylation is 1. The zero-order valence-corrected chi connectivity index (χ0v) is 20.0. The third-order valence-electron chi connectivity index (χ3n) is 5.42. The predicted molar refractivity (Wildman–Crippen MR) is 128 cm³/mol. The van der Waals surface area contributed by atoms with Crippen molar-refractivity contribution in [3.8, 4) is 0 Å². The lowest BCUT2D eigenvalue weighted by Gasteiger charge is -2.30. The largest absolute Gasteiger partial charge is 0.435 e. The van der Waals surface area contributed by atoms with Crippen LogP contribution < -0.4 is 10.6 Å². The number of halogens is 4. The molecule has 0 aliphatic carbocycles. The van der Waals surface area contributed by atoms with E-state index in [2.05, 4.69) is 15.7 Å². The van der Waals surface area contributed by atoms with Crippen LogP contribution in [0.1, 0.15) is 29.8 Å². The normalized spacial score (nSPS) is 15.6. The first-order chi connectivity index (χ1) is 16.1. The summed E-state index contributed by atoms with van der Waals surface area (Å²) in [7, 11) is 0. The Bertz CT molecular complexity index is 1240. The van der Waals surface area contributed by atoms with Crippen molar-refractivity contribution < 1.29 is 18.0 Å². The lowest BCUT2D eigenvalue weighted by atomic mass is 9.94. The molecule has 4 rings (SSSR count). The first-order valence-corrected chi connectivity index (χ1v) is 11.9. The summed E-state index contributed by atoms with van der Waals surface area (Å²) < 4.78 is 41.4. The zero-order chi connectivity index (χ0) is 24.5. The number of nitrogens with zero attached hydrogens (tertiary/aromatic N) is 2. The van der Waals surface area contributed by atoms with Crippen molar-refractivity contribution in [1.29, 1.82) is 0 Å². The molecule has 5 nitrogen and oxygen atoms in total. The van der Waals surface area contributed by atoms with Gasteiger partial charge in [-0.3, -0.25) is 4.79 Å². The number of hydrogen-bond acceptors (Lipinski definition) is 4. The number of thioether (sulfide) groups is 1. The van der Waals surface area contributed by atoms with Gasteiger partial charge in [0.1, 0.15) is 11.9 Å². The number of amides is 1. The molecule has 10 heteroatoms. The van der Waals surface area contributed by atoms with Gasteiger partial charge in [0.2, 0.25) is 0 Å². The van der Waals surface area contributed by atoms with E-state index in [1.165, 1.54) is 4.68 Å². The summed E-state index contributed by atoms with van der Waals surface area (Å²) >= 11 is 7.92. The van der Waals surface area contributed by atoms with E-state index in [-0.39, 0.29) is 17.3 Å². The number of alkyl halides is 3. The summed E-state index contributed by atoms with van der Waals surface area (Å²) in [6, 6.07) is 15.0. The van der Waals surface area contributed by atoms with E-state index in [9.17, 15) is 18.0 Å². The molecule has 1 aliphatic rings. The average Bonchev–Trinajstić information content (AvgIpc) is 3.22. The van der Waals surface area contributed by atoms with Crippen LogP contribution in [0.25, 0.3) is 0 Å². The molecule has 1 aliphatic heterocycles. The van der Waals surface area contributed by atoms with Crippen molar-refractivity contribution in [3.05, 3.63) is 87.7 Å². The maximum Gasteiger partial charge on any atom is 0.435 e. The van der Waals surface area contributed by atoms with Crippen LogP contribution in [0.4, 0.5) is 19.0 Å². The van der Waals surface area contributed by atoms with Gasteiger partial charge in [0.15, 0.2) is 5.69 Å². The lowest BCUT2D eigenvalue weighted by molar-refractivity contribution is -0.141. The number of hydrogen-bond donors (Lipinski definition) is 2. The van der Waals surface area contributed by atoms with Crippen LogP contribution in [0, 0.1) is 6.92 Å². The van der Waals surface area contributed by atoms with Crippen molar-refractivity contribution >= 4 is 35.1 Å². The maximum absolute atomic E-state index is 13.4. The number of anilines is 1. The molecule has 0 bridgehead atoms. The van der Waals surface area contributed by atoms with E-state index in [0.717, 1.165) is 16.5 Å². The van der Waals surface area contributed by atoms with Crippen LogP contribution in [-0.4, -0.2) is 28.0 Å². The molecule has 3 aromatic rings. The molecule has 1 atom stereocenters. The highest BCUT2D eigenvalue weighted by Gasteiger charge is 2.39. The van der Waals surface area contributed by atoms with E-state index < -0.39 is 17.9 Å². The van der Waals surface area contributed by atoms with Gasteiger partial charge in [0.05, 0.1) is 5.57 Å². The van der Waals surface area contributed by atoms with Crippen molar-refractivity contribution in [2.24, 2.45) is 0 Å². The minimum Gasteiger partial charge on any atom is -0.351 e. The third kappa shape index (κ3) is 5.10. The molecule has 1 amide bonds. The highest BCUT2D eigenvalue weighted by molar-refractivity contribution is 7.99. The Morgan fingerprint density at radius 3 is 2.59 bits per heavy atom. The van der Waals surface area contributed by atoms with E-state index >= 15 is 0 Å². The van der Waals surface area contributed by atoms with E-state index in [1.54, 1.807) is 36.9 Å². The Morgan fingerprint density at radius 2 is 1.91 bits per heavy atom. The average molecular weight is 507 g/mol. The summed E-state index contributed by atoms with van der Waals surface area (Å²) in [5.74, 6) is 0.416. The van der Waals surface area contributed by atoms with Crippen LogP contribution in [0.15, 0.2) is 70.8 Å². The molecule has 178 valence electrons. The third-order valence-corrected chi connectivity index (χ3v) is 6.84. The number of carbonyl (C=O) groups excluding carboxylic acids is 1. The smallest absolute Gasteiger partial charge is 0.351 e. The van der Waals surface area contributed by atoms with Crippen LogP contribution in [0.3, 0.4) is 0 Å². The van der Waals surface area contributed by atoms with Gasteiger partial charge in [-0.05, 0) is 43.2 Å². The number of benzene rings is 2. The van der Waals surface area contributed by atoms with Crippen LogP contribution in [0.5, 0.6) is 0 Å². The van der Waals surface area contributed by atoms with E-state index in [0.29, 0.717) is 28.6 Å². The highest BCUT2D eigenvalue weighted by Crippen LogP contribution is 2.40. The van der Waals surface area contributed by atoms with Crippen LogP contribution >= 0.6 is 23.4 Å². The topological polar surface area (TPSA) is 59.0 Å².